The van der Waals surface area contributed by atoms with E-state index in [1.165, 1.54) is 15.9 Å². The second-order valence-corrected chi connectivity index (χ2v) is 6.93. The van der Waals surface area contributed by atoms with Crippen LogP contribution in [0.5, 0.6) is 5.75 Å². The Morgan fingerprint density at radius 2 is 1.14 bits per heavy atom. The Hall–Kier alpha value is -2.05. The first-order valence-corrected chi connectivity index (χ1v) is 8.27. The molecule has 22 heavy (non-hydrogen) atoms. The quantitative estimate of drug-likeness (QED) is 0.532. The van der Waals surface area contributed by atoms with E-state index in [-0.39, 0.29) is 8.41 Å². The fraction of sp³-hybridized carbons (Fsp3) is 0.0526. The number of hydrogen-bond acceptors (Lipinski definition) is 1. The maximum absolute atomic E-state index is 5.39. The van der Waals surface area contributed by atoms with Crippen molar-refractivity contribution >= 4 is 32.2 Å². The lowest BCUT2D eigenvalue weighted by Gasteiger charge is -2.19. The molecule has 0 heterocycles. The predicted molar refractivity (Wildman–Crippen MR) is 97.5 cm³/mol. The van der Waals surface area contributed by atoms with Gasteiger partial charge in [-0.3, -0.25) is 0 Å². The zero-order valence-corrected chi connectivity index (χ0v) is 13.4. The molecule has 0 aromatic heterocycles. The van der Waals surface area contributed by atoms with Crippen molar-refractivity contribution in [2.45, 2.75) is 0 Å². The summed E-state index contributed by atoms with van der Waals surface area (Å²) in [5, 5.41) is 4.01. The molecular weight excluding hydrogens is 286 g/mol. The van der Waals surface area contributed by atoms with Gasteiger partial charge < -0.3 is 4.74 Å². The SMILES string of the molecule is COc1cccc(P(c2ccccc2)c2ccccc2)c1.[B]. The Bertz CT molecular complexity index is 661. The van der Waals surface area contributed by atoms with Crippen molar-refractivity contribution in [2.75, 3.05) is 7.11 Å². The summed E-state index contributed by atoms with van der Waals surface area (Å²) in [5.41, 5.74) is 0. The maximum atomic E-state index is 5.39. The van der Waals surface area contributed by atoms with Gasteiger partial charge in [0, 0.05) is 8.41 Å². The predicted octanol–water partition coefficient (Wildman–Crippen LogP) is 3.07. The van der Waals surface area contributed by atoms with Crippen molar-refractivity contribution in [1.29, 1.82) is 0 Å². The molecule has 0 fully saturated rings. The molecule has 3 radical (unpaired) electrons. The van der Waals surface area contributed by atoms with Crippen molar-refractivity contribution in [2.24, 2.45) is 0 Å². The molecule has 107 valence electrons. The zero-order valence-electron chi connectivity index (χ0n) is 12.5. The molecule has 0 bridgehead atoms. The number of methoxy groups -OCH3 is 1. The molecular formula is C19H17BOP. The molecule has 1 nitrogen and oxygen atoms in total. The first-order chi connectivity index (χ1) is 10.4. The highest BCUT2D eigenvalue weighted by atomic mass is 31.1. The van der Waals surface area contributed by atoms with Gasteiger partial charge in [-0.15, -0.1) is 0 Å². The minimum Gasteiger partial charge on any atom is -0.497 e. The molecule has 3 rings (SSSR count). The van der Waals surface area contributed by atoms with E-state index in [1.54, 1.807) is 7.11 Å². The van der Waals surface area contributed by atoms with Gasteiger partial charge in [0.05, 0.1) is 7.11 Å². The van der Waals surface area contributed by atoms with Crippen LogP contribution in [0.1, 0.15) is 0 Å². The normalized spacial score (nSPS) is 10.1. The molecule has 0 saturated heterocycles. The van der Waals surface area contributed by atoms with Gasteiger partial charge in [0.15, 0.2) is 0 Å². The van der Waals surface area contributed by atoms with Crippen molar-refractivity contribution in [3.05, 3.63) is 84.9 Å². The molecule has 0 aliphatic carbocycles. The Morgan fingerprint density at radius 3 is 1.64 bits per heavy atom. The molecule has 0 aliphatic rings. The van der Waals surface area contributed by atoms with Crippen LogP contribution in [-0.4, -0.2) is 15.5 Å². The lowest BCUT2D eigenvalue weighted by Crippen LogP contribution is -2.20. The fourth-order valence-electron chi connectivity index (χ4n) is 2.35. The van der Waals surface area contributed by atoms with Crippen LogP contribution in [0.25, 0.3) is 0 Å². The van der Waals surface area contributed by atoms with Crippen LogP contribution in [0.15, 0.2) is 84.9 Å². The summed E-state index contributed by atoms with van der Waals surface area (Å²) in [6.45, 7) is 0. The van der Waals surface area contributed by atoms with Gasteiger partial charge in [0.25, 0.3) is 0 Å². The van der Waals surface area contributed by atoms with E-state index < -0.39 is 7.92 Å². The van der Waals surface area contributed by atoms with Gasteiger partial charge in [0.1, 0.15) is 5.75 Å². The van der Waals surface area contributed by atoms with E-state index in [2.05, 4.69) is 78.9 Å². The van der Waals surface area contributed by atoms with Crippen molar-refractivity contribution in [3.8, 4) is 5.75 Å². The Morgan fingerprint density at radius 1 is 0.636 bits per heavy atom. The molecule has 0 atom stereocenters. The van der Waals surface area contributed by atoms with Gasteiger partial charge in [0.2, 0.25) is 0 Å². The number of benzene rings is 3. The molecule has 0 amide bonds. The summed E-state index contributed by atoms with van der Waals surface area (Å²) < 4.78 is 5.39. The summed E-state index contributed by atoms with van der Waals surface area (Å²) in [4.78, 5) is 0. The van der Waals surface area contributed by atoms with Gasteiger partial charge in [-0.1, -0.05) is 72.8 Å². The van der Waals surface area contributed by atoms with Crippen LogP contribution in [0, 0.1) is 0 Å². The molecule has 0 N–H and O–H groups in total. The van der Waals surface area contributed by atoms with E-state index in [1.807, 2.05) is 6.07 Å². The summed E-state index contributed by atoms with van der Waals surface area (Å²) in [6.07, 6.45) is 0. The van der Waals surface area contributed by atoms with Crippen LogP contribution >= 0.6 is 7.92 Å². The number of hydrogen-bond donors (Lipinski definition) is 0. The minimum absolute atomic E-state index is 0. The highest BCUT2D eigenvalue weighted by Gasteiger charge is 2.16. The van der Waals surface area contributed by atoms with Crippen molar-refractivity contribution < 1.29 is 4.74 Å². The van der Waals surface area contributed by atoms with Crippen molar-refractivity contribution in [1.82, 2.24) is 0 Å². The Kier molecular flexibility index (Phi) is 5.80. The molecule has 0 unspecified atom stereocenters. The zero-order chi connectivity index (χ0) is 14.5. The molecule has 3 aromatic rings. The Labute approximate surface area is 135 Å². The van der Waals surface area contributed by atoms with Gasteiger partial charge in [-0.25, -0.2) is 0 Å². The van der Waals surface area contributed by atoms with Crippen molar-refractivity contribution in [3.63, 3.8) is 0 Å². The van der Waals surface area contributed by atoms with E-state index in [4.69, 9.17) is 4.74 Å². The smallest absolute Gasteiger partial charge is 0.119 e. The van der Waals surface area contributed by atoms with Crippen LogP contribution in [0.3, 0.4) is 0 Å². The third-order valence-electron chi connectivity index (χ3n) is 3.34. The standard InChI is InChI=1S/C19H17OP.B/c1-20-16-9-8-14-19(15-16)21(17-10-4-2-5-11-17)18-12-6-3-7-13-18;/h2-15H,1H3;. The van der Waals surface area contributed by atoms with E-state index >= 15 is 0 Å². The molecule has 3 heteroatoms. The first kappa shape index (κ1) is 16.3. The van der Waals surface area contributed by atoms with E-state index in [0.29, 0.717) is 0 Å². The largest absolute Gasteiger partial charge is 0.497 e. The maximum Gasteiger partial charge on any atom is 0.119 e. The van der Waals surface area contributed by atoms with E-state index in [0.717, 1.165) is 5.75 Å². The highest BCUT2D eigenvalue weighted by molar-refractivity contribution is 7.79. The highest BCUT2D eigenvalue weighted by Crippen LogP contribution is 2.33. The summed E-state index contributed by atoms with van der Waals surface area (Å²) in [6, 6.07) is 29.8. The second kappa shape index (κ2) is 7.82. The summed E-state index contributed by atoms with van der Waals surface area (Å²) in [5.74, 6) is 0.909. The lowest BCUT2D eigenvalue weighted by atomic mass is 10.3. The molecule has 0 saturated carbocycles. The topological polar surface area (TPSA) is 9.23 Å². The summed E-state index contributed by atoms with van der Waals surface area (Å²) in [7, 11) is 1.17. The molecule has 0 spiro atoms. The Balaban J connectivity index is 0.00000176. The second-order valence-electron chi connectivity index (χ2n) is 4.71. The molecule has 0 aliphatic heterocycles. The third-order valence-corrected chi connectivity index (χ3v) is 5.76. The minimum atomic E-state index is -0.548. The van der Waals surface area contributed by atoms with Gasteiger partial charge in [-0.05, 0) is 36.0 Å². The average Bonchev–Trinajstić information content (AvgIpc) is 2.57. The van der Waals surface area contributed by atoms with Gasteiger partial charge >= 0.3 is 0 Å². The van der Waals surface area contributed by atoms with Crippen LogP contribution in [-0.2, 0) is 0 Å². The van der Waals surface area contributed by atoms with Crippen LogP contribution in [0.2, 0.25) is 0 Å². The van der Waals surface area contributed by atoms with Gasteiger partial charge in [-0.2, -0.15) is 0 Å². The number of ether oxygens (including phenoxy) is 1. The van der Waals surface area contributed by atoms with Crippen LogP contribution < -0.4 is 20.7 Å². The van der Waals surface area contributed by atoms with E-state index in [9.17, 15) is 0 Å². The first-order valence-electron chi connectivity index (χ1n) is 6.93. The summed E-state index contributed by atoms with van der Waals surface area (Å²) >= 11 is 0. The molecule has 3 aromatic carbocycles. The average molecular weight is 303 g/mol. The number of rotatable bonds is 4. The third kappa shape index (κ3) is 3.58. The lowest BCUT2D eigenvalue weighted by molar-refractivity contribution is 0.415. The monoisotopic (exact) mass is 303 g/mol. The fourth-order valence-corrected chi connectivity index (χ4v) is 4.68. The van der Waals surface area contributed by atoms with Crippen LogP contribution in [0.4, 0.5) is 0 Å².